The van der Waals surface area contributed by atoms with Crippen LogP contribution in [0, 0.1) is 6.92 Å². The number of hydrogen-bond acceptors (Lipinski definition) is 5. The van der Waals surface area contributed by atoms with Crippen molar-refractivity contribution >= 4 is 11.7 Å². The minimum absolute atomic E-state index is 0.380. The summed E-state index contributed by atoms with van der Waals surface area (Å²) in [6.45, 7) is 1.86. The van der Waals surface area contributed by atoms with Gasteiger partial charge >= 0.3 is 5.97 Å². The fourth-order valence-electron chi connectivity index (χ4n) is 1.66. The number of carbonyl (C=O) groups excluding carboxylic acids is 1. The maximum Gasteiger partial charge on any atom is 0.337 e. The zero-order valence-corrected chi connectivity index (χ0v) is 11.0. The first-order valence-electron chi connectivity index (χ1n) is 5.67. The number of nitrogens with zero attached hydrogens (tertiary/aromatic N) is 2. The van der Waals surface area contributed by atoms with E-state index in [0.717, 1.165) is 5.69 Å². The molecular weight excluding hydrogens is 246 g/mol. The molecular formula is C13H15N3O3. The lowest BCUT2D eigenvalue weighted by Gasteiger charge is -2.09. The molecule has 0 radical (unpaired) electrons. The van der Waals surface area contributed by atoms with Crippen LogP contribution in [-0.2, 0) is 11.8 Å². The topological polar surface area (TPSA) is 79.4 Å². The van der Waals surface area contributed by atoms with Gasteiger partial charge in [0.2, 0.25) is 5.88 Å². The molecule has 0 amide bonds. The standard InChI is InChI=1S/C13H15N3O3/c1-8-6-12(16(2)15-8)19-11-7-9(13(17)18-3)4-5-10(11)14/h4-7H,14H2,1-3H3. The van der Waals surface area contributed by atoms with Crippen molar-refractivity contribution in [1.82, 2.24) is 9.78 Å². The van der Waals surface area contributed by atoms with Crippen molar-refractivity contribution in [1.29, 1.82) is 0 Å². The number of benzene rings is 1. The highest BCUT2D eigenvalue weighted by atomic mass is 16.5. The third kappa shape index (κ3) is 2.67. The normalized spacial score (nSPS) is 10.3. The van der Waals surface area contributed by atoms with Crippen molar-refractivity contribution in [3.05, 3.63) is 35.5 Å². The number of rotatable bonds is 3. The van der Waals surface area contributed by atoms with Crippen molar-refractivity contribution in [3.63, 3.8) is 0 Å². The van der Waals surface area contributed by atoms with Crippen LogP contribution in [0.15, 0.2) is 24.3 Å². The van der Waals surface area contributed by atoms with Gasteiger partial charge in [-0.1, -0.05) is 0 Å². The van der Waals surface area contributed by atoms with Crippen LogP contribution in [0.25, 0.3) is 0 Å². The monoisotopic (exact) mass is 261 g/mol. The Hall–Kier alpha value is -2.50. The highest BCUT2D eigenvalue weighted by molar-refractivity contribution is 5.90. The quantitative estimate of drug-likeness (QED) is 0.674. The van der Waals surface area contributed by atoms with E-state index in [1.54, 1.807) is 36.0 Å². The lowest BCUT2D eigenvalue weighted by atomic mass is 10.2. The molecule has 0 saturated carbocycles. The largest absolute Gasteiger partial charge is 0.465 e. The number of nitrogens with two attached hydrogens (primary N) is 1. The Kier molecular flexibility index (Phi) is 3.41. The Morgan fingerprint density at radius 3 is 2.68 bits per heavy atom. The van der Waals surface area contributed by atoms with Gasteiger partial charge in [0, 0.05) is 13.1 Å². The van der Waals surface area contributed by atoms with Gasteiger partial charge in [-0.2, -0.15) is 5.10 Å². The molecule has 100 valence electrons. The highest BCUT2D eigenvalue weighted by Crippen LogP contribution is 2.28. The summed E-state index contributed by atoms with van der Waals surface area (Å²) in [5.74, 6) is 0.503. The van der Waals surface area contributed by atoms with Crippen molar-refractivity contribution < 1.29 is 14.3 Å². The minimum Gasteiger partial charge on any atom is -0.465 e. The summed E-state index contributed by atoms with van der Waals surface area (Å²) in [4.78, 5) is 11.5. The van der Waals surface area contributed by atoms with Gasteiger partial charge < -0.3 is 15.2 Å². The molecule has 2 rings (SSSR count). The van der Waals surface area contributed by atoms with Gasteiger partial charge in [0.15, 0.2) is 5.75 Å². The maximum atomic E-state index is 11.5. The summed E-state index contributed by atoms with van der Waals surface area (Å²) in [5, 5.41) is 4.17. The average molecular weight is 261 g/mol. The van der Waals surface area contributed by atoms with Crippen LogP contribution in [0.5, 0.6) is 11.6 Å². The summed E-state index contributed by atoms with van der Waals surface area (Å²) >= 11 is 0. The average Bonchev–Trinajstić information content (AvgIpc) is 2.69. The molecule has 1 heterocycles. The molecule has 1 aromatic heterocycles. The molecule has 0 spiro atoms. The Balaban J connectivity index is 2.34. The van der Waals surface area contributed by atoms with Gasteiger partial charge in [0.05, 0.1) is 24.1 Å². The van der Waals surface area contributed by atoms with Crippen LogP contribution in [0.4, 0.5) is 5.69 Å². The molecule has 2 N–H and O–H groups in total. The first kappa shape index (κ1) is 12.9. The van der Waals surface area contributed by atoms with Gasteiger partial charge in [0.1, 0.15) is 0 Å². The molecule has 0 atom stereocenters. The van der Waals surface area contributed by atoms with E-state index in [1.807, 2.05) is 6.92 Å². The molecule has 6 nitrogen and oxygen atoms in total. The zero-order valence-electron chi connectivity index (χ0n) is 11.0. The fourth-order valence-corrected chi connectivity index (χ4v) is 1.66. The summed E-state index contributed by atoms with van der Waals surface area (Å²) < 4.78 is 11.9. The number of ether oxygens (including phenoxy) is 2. The number of anilines is 1. The molecule has 0 aliphatic carbocycles. The number of aromatic nitrogens is 2. The van der Waals surface area contributed by atoms with Gasteiger partial charge in [-0.3, -0.25) is 0 Å². The lowest BCUT2D eigenvalue weighted by Crippen LogP contribution is -2.03. The van der Waals surface area contributed by atoms with Gasteiger partial charge in [-0.15, -0.1) is 0 Å². The third-order valence-electron chi connectivity index (χ3n) is 2.61. The van der Waals surface area contributed by atoms with E-state index in [4.69, 9.17) is 10.5 Å². The summed E-state index contributed by atoms with van der Waals surface area (Å²) in [5.41, 5.74) is 7.48. The number of methoxy groups -OCH3 is 1. The number of esters is 1. The fraction of sp³-hybridized carbons (Fsp3) is 0.231. The number of carbonyl (C=O) groups is 1. The molecule has 6 heteroatoms. The number of nitrogen functional groups attached to an aromatic ring is 1. The second-order valence-electron chi connectivity index (χ2n) is 4.09. The predicted octanol–water partition coefficient (Wildman–Crippen LogP) is 1.89. The predicted molar refractivity (Wildman–Crippen MR) is 70.2 cm³/mol. The van der Waals surface area contributed by atoms with E-state index in [2.05, 4.69) is 9.84 Å². The van der Waals surface area contributed by atoms with Crippen LogP contribution in [0.1, 0.15) is 16.1 Å². The van der Waals surface area contributed by atoms with E-state index < -0.39 is 5.97 Å². The third-order valence-corrected chi connectivity index (χ3v) is 2.61. The Bertz CT molecular complexity index is 620. The van der Waals surface area contributed by atoms with E-state index in [-0.39, 0.29) is 0 Å². The van der Waals surface area contributed by atoms with Crippen molar-refractivity contribution in [3.8, 4) is 11.6 Å². The zero-order chi connectivity index (χ0) is 14.0. The van der Waals surface area contributed by atoms with Crippen LogP contribution in [0.3, 0.4) is 0 Å². The summed E-state index contributed by atoms with van der Waals surface area (Å²) in [6, 6.07) is 6.51. The molecule has 0 fully saturated rings. The van der Waals surface area contributed by atoms with Gasteiger partial charge in [-0.05, 0) is 25.1 Å². The van der Waals surface area contributed by atoms with E-state index in [1.165, 1.54) is 7.11 Å². The van der Waals surface area contributed by atoms with E-state index >= 15 is 0 Å². The molecule has 2 aromatic rings. The Morgan fingerprint density at radius 1 is 1.37 bits per heavy atom. The first-order chi connectivity index (χ1) is 9.01. The first-order valence-corrected chi connectivity index (χ1v) is 5.67. The van der Waals surface area contributed by atoms with Crippen LogP contribution < -0.4 is 10.5 Å². The van der Waals surface area contributed by atoms with E-state index in [0.29, 0.717) is 22.9 Å². The molecule has 0 aliphatic heterocycles. The van der Waals surface area contributed by atoms with E-state index in [9.17, 15) is 4.79 Å². The van der Waals surface area contributed by atoms with Crippen molar-refractivity contribution in [2.45, 2.75) is 6.92 Å². The molecule has 0 saturated heterocycles. The second-order valence-corrected chi connectivity index (χ2v) is 4.09. The smallest absolute Gasteiger partial charge is 0.337 e. The van der Waals surface area contributed by atoms with Crippen molar-refractivity contribution in [2.75, 3.05) is 12.8 Å². The molecule has 1 aromatic carbocycles. The molecule has 0 unspecified atom stereocenters. The Morgan fingerprint density at radius 2 is 2.11 bits per heavy atom. The van der Waals surface area contributed by atoms with Crippen LogP contribution in [-0.4, -0.2) is 22.9 Å². The lowest BCUT2D eigenvalue weighted by molar-refractivity contribution is 0.0600. The molecule has 0 bridgehead atoms. The number of aryl methyl sites for hydroxylation is 2. The molecule has 19 heavy (non-hydrogen) atoms. The van der Waals surface area contributed by atoms with Gasteiger partial charge in [-0.25, -0.2) is 9.48 Å². The number of hydrogen-bond donors (Lipinski definition) is 1. The Labute approximate surface area is 110 Å². The summed E-state index contributed by atoms with van der Waals surface area (Å²) in [7, 11) is 3.09. The highest BCUT2D eigenvalue weighted by Gasteiger charge is 2.12. The SMILES string of the molecule is COC(=O)c1ccc(N)c(Oc2cc(C)nn2C)c1. The maximum absolute atomic E-state index is 11.5. The minimum atomic E-state index is -0.439. The van der Waals surface area contributed by atoms with Crippen molar-refractivity contribution in [2.24, 2.45) is 7.05 Å². The summed E-state index contributed by atoms with van der Waals surface area (Å²) in [6.07, 6.45) is 0. The molecule has 0 aliphatic rings. The second kappa shape index (κ2) is 5.01. The van der Waals surface area contributed by atoms with Gasteiger partial charge in [0.25, 0.3) is 0 Å². The van der Waals surface area contributed by atoms with Crippen LogP contribution in [0.2, 0.25) is 0 Å². The van der Waals surface area contributed by atoms with Crippen LogP contribution >= 0.6 is 0 Å².